The number of halogens is 3. The van der Waals surface area contributed by atoms with Crippen molar-refractivity contribution in [1.82, 2.24) is 5.32 Å². The van der Waals surface area contributed by atoms with Crippen LogP contribution < -0.4 is 5.32 Å². The van der Waals surface area contributed by atoms with E-state index in [0.29, 0.717) is 10.0 Å². The molecule has 1 N–H and O–H groups in total. The van der Waals surface area contributed by atoms with Gasteiger partial charge in [0.05, 0.1) is 0 Å². The molecule has 0 aromatic heterocycles. The highest BCUT2D eigenvalue weighted by Crippen LogP contribution is 2.32. The fourth-order valence-electron chi connectivity index (χ4n) is 2.29. The molecule has 2 aromatic carbocycles. The Hall–Kier alpha value is -0.540. The van der Waals surface area contributed by atoms with Gasteiger partial charge in [-0.3, -0.25) is 0 Å². The molecule has 0 saturated heterocycles. The Kier molecular flexibility index (Phi) is 6.56. The lowest BCUT2D eigenvalue weighted by Gasteiger charge is -2.21. The molecule has 4 heteroatoms. The molecule has 1 unspecified atom stereocenters. The highest BCUT2D eigenvalue weighted by molar-refractivity contribution is 9.10. The molecule has 2 rings (SSSR count). The molecule has 0 aliphatic carbocycles. The van der Waals surface area contributed by atoms with Crippen LogP contribution in [0.15, 0.2) is 46.9 Å². The van der Waals surface area contributed by atoms with Crippen LogP contribution in [-0.4, -0.2) is 6.54 Å². The lowest BCUT2D eigenvalue weighted by atomic mass is 9.98. The minimum atomic E-state index is 0.118. The summed E-state index contributed by atoms with van der Waals surface area (Å²) in [5.74, 6) is 0. The van der Waals surface area contributed by atoms with Gasteiger partial charge < -0.3 is 5.32 Å². The molecule has 2 aromatic rings. The molecule has 0 fully saturated rings. The zero-order valence-corrected chi connectivity index (χ0v) is 15.0. The van der Waals surface area contributed by atoms with Gasteiger partial charge in [0.25, 0.3) is 0 Å². The minimum absolute atomic E-state index is 0.118. The summed E-state index contributed by atoms with van der Waals surface area (Å²) in [7, 11) is 0. The Balaban J connectivity index is 2.27. The van der Waals surface area contributed by atoms with E-state index in [-0.39, 0.29) is 6.04 Å². The van der Waals surface area contributed by atoms with Gasteiger partial charge in [-0.15, -0.1) is 0 Å². The van der Waals surface area contributed by atoms with E-state index in [1.165, 1.54) is 5.56 Å². The van der Waals surface area contributed by atoms with E-state index < -0.39 is 0 Å². The predicted molar refractivity (Wildman–Crippen MR) is 95.3 cm³/mol. The van der Waals surface area contributed by atoms with Crippen molar-refractivity contribution in [3.05, 3.63) is 68.1 Å². The van der Waals surface area contributed by atoms with E-state index in [0.717, 1.165) is 29.4 Å². The van der Waals surface area contributed by atoms with Gasteiger partial charge >= 0.3 is 0 Å². The van der Waals surface area contributed by atoms with Crippen LogP contribution in [0, 0.1) is 0 Å². The van der Waals surface area contributed by atoms with Crippen molar-refractivity contribution in [2.24, 2.45) is 0 Å². The first-order chi connectivity index (χ1) is 10.1. The van der Waals surface area contributed by atoms with Gasteiger partial charge in [-0.2, -0.15) is 0 Å². The van der Waals surface area contributed by atoms with Crippen LogP contribution in [0.4, 0.5) is 0 Å². The maximum absolute atomic E-state index is 6.36. The van der Waals surface area contributed by atoms with Gasteiger partial charge in [0.1, 0.15) is 0 Å². The summed E-state index contributed by atoms with van der Waals surface area (Å²) in [5, 5.41) is 4.98. The molecule has 21 heavy (non-hydrogen) atoms. The predicted octanol–water partition coefficient (Wildman–Crippen LogP) is 6.04. The molecule has 1 nitrogen and oxygen atoms in total. The third kappa shape index (κ3) is 4.72. The van der Waals surface area contributed by atoms with Gasteiger partial charge in [-0.1, -0.05) is 64.3 Å². The summed E-state index contributed by atoms with van der Waals surface area (Å²) in [5.41, 5.74) is 2.24. The van der Waals surface area contributed by atoms with E-state index in [2.05, 4.69) is 52.4 Å². The van der Waals surface area contributed by atoms with E-state index in [9.17, 15) is 0 Å². The van der Waals surface area contributed by atoms with E-state index in [1.54, 1.807) is 0 Å². The zero-order valence-electron chi connectivity index (χ0n) is 11.9. The van der Waals surface area contributed by atoms with Crippen molar-refractivity contribution in [2.45, 2.75) is 25.8 Å². The lowest BCUT2D eigenvalue weighted by molar-refractivity contribution is 0.529. The van der Waals surface area contributed by atoms with Crippen LogP contribution in [0.1, 0.15) is 30.5 Å². The van der Waals surface area contributed by atoms with Gasteiger partial charge in [0, 0.05) is 26.1 Å². The molecule has 0 aliphatic heterocycles. The van der Waals surface area contributed by atoms with Crippen molar-refractivity contribution in [3.8, 4) is 0 Å². The fourth-order valence-corrected chi connectivity index (χ4v) is 3.22. The number of benzene rings is 2. The van der Waals surface area contributed by atoms with Crippen LogP contribution in [0.25, 0.3) is 0 Å². The van der Waals surface area contributed by atoms with E-state index in [4.69, 9.17) is 23.2 Å². The minimum Gasteiger partial charge on any atom is -0.310 e. The number of hydrogen-bond donors (Lipinski definition) is 1. The van der Waals surface area contributed by atoms with Crippen molar-refractivity contribution in [3.63, 3.8) is 0 Å². The van der Waals surface area contributed by atoms with E-state index in [1.807, 2.05) is 18.2 Å². The van der Waals surface area contributed by atoms with Crippen molar-refractivity contribution < 1.29 is 0 Å². The molecule has 112 valence electrons. The van der Waals surface area contributed by atoms with Gasteiger partial charge in [0.2, 0.25) is 0 Å². The number of hydrogen-bond acceptors (Lipinski definition) is 1. The average molecular weight is 387 g/mol. The van der Waals surface area contributed by atoms with Crippen LogP contribution >= 0.6 is 39.1 Å². The monoisotopic (exact) mass is 385 g/mol. The third-order valence-corrected chi connectivity index (χ3v) is 4.53. The van der Waals surface area contributed by atoms with Crippen molar-refractivity contribution in [1.29, 1.82) is 0 Å². The highest BCUT2D eigenvalue weighted by atomic mass is 79.9. The Morgan fingerprint density at radius 1 is 1.05 bits per heavy atom. The molecule has 0 radical (unpaired) electrons. The maximum Gasteiger partial charge on any atom is 0.0468 e. The van der Waals surface area contributed by atoms with Crippen LogP contribution in [-0.2, 0) is 6.42 Å². The molecule has 0 spiro atoms. The molecule has 0 bridgehead atoms. The molecule has 0 heterocycles. The summed E-state index contributed by atoms with van der Waals surface area (Å²) in [6.07, 6.45) is 1.93. The first kappa shape index (κ1) is 16.8. The number of nitrogens with one attached hydrogen (secondary N) is 1. The zero-order chi connectivity index (χ0) is 15.2. The maximum atomic E-state index is 6.36. The molecular weight excluding hydrogens is 369 g/mol. The molecule has 0 aliphatic rings. The Labute approximate surface area is 144 Å². The smallest absolute Gasteiger partial charge is 0.0468 e. The molecule has 0 saturated carbocycles. The summed E-state index contributed by atoms with van der Waals surface area (Å²) in [6.45, 7) is 3.08. The first-order valence-corrected chi connectivity index (χ1v) is 8.58. The summed E-state index contributed by atoms with van der Waals surface area (Å²) < 4.78 is 1.08. The molecule has 0 amide bonds. The van der Waals surface area contributed by atoms with Gasteiger partial charge in [-0.05, 0) is 49.2 Å². The van der Waals surface area contributed by atoms with Crippen LogP contribution in [0.3, 0.4) is 0 Å². The quantitative estimate of drug-likeness (QED) is 0.638. The summed E-state index contributed by atoms with van der Waals surface area (Å²) >= 11 is 16.2. The second-order valence-corrected chi connectivity index (χ2v) is 6.70. The first-order valence-electron chi connectivity index (χ1n) is 7.03. The normalized spacial score (nSPS) is 12.4. The van der Waals surface area contributed by atoms with E-state index >= 15 is 0 Å². The van der Waals surface area contributed by atoms with Gasteiger partial charge in [0.15, 0.2) is 0 Å². The second kappa shape index (κ2) is 8.19. The van der Waals surface area contributed by atoms with Crippen molar-refractivity contribution >= 4 is 39.1 Å². The standard InChI is InChI=1S/C17H18BrCl2N/c1-2-10-21-16(11-12-6-8-13(18)9-7-12)17-14(19)4-3-5-15(17)20/h3-9,16,21H,2,10-11H2,1H3. The third-order valence-electron chi connectivity index (χ3n) is 3.34. The summed E-state index contributed by atoms with van der Waals surface area (Å²) in [6, 6.07) is 14.1. The molecular formula is C17H18BrCl2N. The Morgan fingerprint density at radius 2 is 1.67 bits per heavy atom. The number of rotatable bonds is 6. The van der Waals surface area contributed by atoms with Crippen LogP contribution in [0.5, 0.6) is 0 Å². The topological polar surface area (TPSA) is 12.0 Å². The average Bonchev–Trinajstić information content (AvgIpc) is 2.46. The lowest BCUT2D eigenvalue weighted by Crippen LogP contribution is -2.24. The second-order valence-electron chi connectivity index (χ2n) is 4.97. The SMILES string of the molecule is CCCNC(Cc1ccc(Br)cc1)c1c(Cl)cccc1Cl. The fraction of sp³-hybridized carbons (Fsp3) is 0.294. The van der Waals surface area contributed by atoms with Gasteiger partial charge in [-0.25, -0.2) is 0 Å². The summed E-state index contributed by atoms with van der Waals surface area (Å²) in [4.78, 5) is 0. The Morgan fingerprint density at radius 3 is 2.24 bits per heavy atom. The molecule has 1 atom stereocenters. The van der Waals surface area contributed by atoms with Crippen molar-refractivity contribution in [2.75, 3.05) is 6.54 Å². The van der Waals surface area contributed by atoms with Crippen LogP contribution in [0.2, 0.25) is 10.0 Å². The highest BCUT2D eigenvalue weighted by Gasteiger charge is 2.18. The Bertz CT molecular complexity index is 564. The largest absolute Gasteiger partial charge is 0.310 e.